The number of hydrogen-bond donors (Lipinski definition) is 0. The summed E-state index contributed by atoms with van der Waals surface area (Å²) in [5.41, 5.74) is 1.77. The fourth-order valence-electron chi connectivity index (χ4n) is 1.90. The second kappa shape index (κ2) is 6.12. The number of methoxy groups -OCH3 is 1. The van der Waals surface area contributed by atoms with Crippen molar-refractivity contribution in [2.45, 2.75) is 12.3 Å². The first kappa shape index (κ1) is 14.0. The maximum absolute atomic E-state index is 5.14. The summed E-state index contributed by atoms with van der Waals surface area (Å²) in [7, 11) is 1.66. The predicted molar refractivity (Wildman–Crippen MR) is 83.9 cm³/mol. The van der Waals surface area contributed by atoms with Gasteiger partial charge >= 0.3 is 0 Å². The smallest absolute Gasteiger partial charge is 0.118 e. The van der Waals surface area contributed by atoms with Gasteiger partial charge in [-0.15, -0.1) is 6.58 Å². The molecule has 0 aliphatic carbocycles. The Bertz CT molecular complexity index is 629. The van der Waals surface area contributed by atoms with Crippen LogP contribution in [0.5, 0.6) is 5.75 Å². The lowest BCUT2D eigenvalue weighted by Gasteiger charge is -2.19. The number of hydrogen-bond acceptors (Lipinski definition) is 1. The van der Waals surface area contributed by atoms with E-state index in [1.54, 1.807) is 7.11 Å². The monoisotopic (exact) mass is 262 g/mol. The van der Waals surface area contributed by atoms with E-state index in [2.05, 4.69) is 37.5 Å². The zero-order valence-electron chi connectivity index (χ0n) is 11.9. The van der Waals surface area contributed by atoms with Crippen LogP contribution >= 0.6 is 0 Å². The second-order valence-corrected chi connectivity index (χ2v) is 4.75. The highest BCUT2D eigenvalue weighted by molar-refractivity contribution is 5.45. The zero-order chi connectivity index (χ0) is 14.4. The standard InChI is InChI=1S/C19H18O/c1-4-19(2,17-8-6-5-7-9-17)15-14-16-10-12-18(20-3)13-11-16/h4-13H,1H2,2-3H3. The lowest BCUT2D eigenvalue weighted by Crippen LogP contribution is -2.15. The Balaban J connectivity index is 2.30. The second-order valence-electron chi connectivity index (χ2n) is 4.75. The van der Waals surface area contributed by atoms with Crippen LogP contribution in [0, 0.1) is 11.8 Å². The summed E-state index contributed by atoms with van der Waals surface area (Å²) in [5, 5.41) is 0. The summed E-state index contributed by atoms with van der Waals surface area (Å²) in [6, 6.07) is 17.9. The van der Waals surface area contributed by atoms with Crippen LogP contribution in [0.2, 0.25) is 0 Å². The molecule has 0 N–H and O–H groups in total. The van der Waals surface area contributed by atoms with Crippen molar-refractivity contribution in [3.8, 4) is 17.6 Å². The molecule has 2 aromatic carbocycles. The van der Waals surface area contributed by atoms with E-state index in [0.29, 0.717) is 0 Å². The summed E-state index contributed by atoms with van der Waals surface area (Å²) in [6.07, 6.45) is 1.89. The maximum Gasteiger partial charge on any atom is 0.118 e. The van der Waals surface area contributed by atoms with Crippen molar-refractivity contribution in [2.75, 3.05) is 7.11 Å². The Hall–Kier alpha value is -2.46. The highest BCUT2D eigenvalue weighted by Crippen LogP contribution is 2.24. The lowest BCUT2D eigenvalue weighted by molar-refractivity contribution is 0.415. The molecule has 100 valence electrons. The van der Waals surface area contributed by atoms with Gasteiger partial charge in [-0.05, 0) is 36.8 Å². The van der Waals surface area contributed by atoms with Crippen molar-refractivity contribution < 1.29 is 4.74 Å². The van der Waals surface area contributed by atoms with Gasteiger partial charge in [-0.3, -0.25) is 0 Å². The molecule has 1 nitrogen and oxygen atoms in total. The molecule has 0 saturated heterocycles. The molecule has 0 saturated carbocycles. The summed E-state index contributed by atoms with van der Waals surface area (Å²) in [5.74, 6) is 7.35. The number of benzene rings is 2. The molecular formula is C19H18O. The molecule has 0 fully saturated rings. The van der Waals surface area contributed by atoms with Crippen molar-refractivity contribution in [3.05, 3.63) is 78.4 Å². The summed E-state index contributed by atoms with van der Waals surface area (Å²) in [6.45, 7) is 6.00. The molecule has 0 aromatic heterocycles. The van der Waals surface area contributed by atoms with E-state index in [0.717, 1.165) is 16.9 Å². The molecule has 0 amide bonds. The summed E-state index contributed by atoms with van der Waals surface area (Å²) in [4.78, 5) is 0. The third-order valence-corrected chi connectivity index (χ3v) is 3.34. The predicted octanol–water partition coefficient (Wildman–Crippen LogP) is 4.19. The first-order valence-corrected chi connectivity index (χ1v) is 6.54. The van der Waals surface area contributed by atoms with Crippen LogP contribution in [0.25, 0.3) is 0 Å². The SMILES string of the molecule is C=CC(C)(C#Cc1ccc(OC)cc1)c1ccccc1. The third kappa shape index (κ3) is 3.10. The van der Waals surface area contributed by atoms with Gasteiger partial charge in [-0.2, -0.15) is 0 Å². The van der Waals surface area contributed by atoms with Crippen molar-refractivity contribution in [1.29, 1.82) is 0 Å². The van der Waals surface area contributed by atoms with Gasteiger partial charge in [0.25, 0.3) is 0 Å². The van der Waals surface area contributed by atoms with Gasteiger partial charge in [0, 0.05) is 5.56 Å². The Kier molecular flexibility index (Phi) is 4.27. The fraction of sp³-hybridized carbons (Fsp3) is 0.158. The minimum absolute atomic E-state index is 0.346. The molecule has 0 radical (unpaired) electrons. The average Bonchev–Trinajstić information content (AvgIpc) is 2.54. The van der Waals surface area contributed by atoms with Crippen LogP contribution in [0.15, 0.2) is 67.3 Å². The van der Waals surface area contributed by atoms with E-state index >= 15 is 0 Å². The fourth-order valence-corrected chi connectivity index (χ4v) is 1.90. The van der Waals surface area contributed by atoms with Crippen LogP contribution in [0.1, 0.15) is 18.1 Å². The molecule has 20 heavy (non-hydrogen) atoms. The van der Waals surface area contributed by atoms with Gasteiger partial charge in [0.05, 0.1) is 12.5 Å². The molecular weight excluding hydrogens is 244 g/mol. The first-order chi connectivity index (χ1) is 9.68. The largest absolute Gasteiger partial charge is 0.497 e. The first-order valence-electron chi connectivity index (χ1n) is 6.54. The van der Waals surface area contributed by atoms with Gasteiger partial charge in [-0.1, -0.05) is 48.2 Å². The Morgan fingerprint density at radius 1 is 1.05 bits per heavy atom. The normalized spacial score (nSPS) is 12.7. The Morgan fingerprint density at radius 2 is 1.70 bits per heavy atom. The number of rotatable bonds is 3. The molecule has 2 rings (SSSR count). The van der Waals surface area contributed by atoms with E-state index in [1.807, 2.05) is 48.5 Å². The summed E-state index contributed by atoms with van der Waals surface area (Å²) >= 11 is 0. The molecule has 0 bridgehead atoms. The van der Waals surface area contributed by atoms with Crippen molar-refractivity contribution >= 4 is 0 Å². The van der Waals surface area contributed by atoms with Crippen LogP contribution in [0.3, 0.4) is 0 Å². The van der Waals surface area contributed by atoms with E-state index in [9.17, 15) is 0 Å². The molecule has 0 heterocycles. The van der Waals surface area contributed by atoms with Gasteiger partial charge in [0.1, 0.15) is 5.75 Å². The molecule has 2 aromatic rings. The zero-order valence-corrected chi connectivity index (χ0v) is 11.9. The van der Waals surface area contributed by atoms with E-state index in [-0.39, 0.29) is 5.41 Å². The van der Waals surface area contributed by atoms with Gasteiger partial charge < -0.3 is 4.74 Å². The van der Waals surface area contributed by atoms with Crippen LogP contribution in [-0.4, -0.2) is 7.11 Å². The van der Waals surface area contributed by atoms with Gasteiger partial charge in [-0.25, -0.2) is 0 Å². The van der Waals surface area contributed by atoms with Gasteiger partial charge in [0.2, 0.25) is 0 Å². The molecule has 1 heteroatoms. The molecule has 0 aliphatic rings. The van der Waals surface area contributed by atoms with Crippen molar-refractivity contribution in [2.24, 2.45) is 0 Å². The Labute approximate surface area is 120 Å². The maximum atomic E-state index is 5.14. The Morgan fingerprint density at radius 3 is 2.25 bits per heavy atom. The van der Waals surface area contributed by atoms with Gasteiger partial charge in [0.15, 0.2) is 0 Å². The summed E-state index contributed by atoms with van der Waals surface area (Å²) < 4.78 is 5.14. The topological polar surface area (TPSA) is 9.23 Å². The minimum Gasteiger partial charge on any atom is -0.497 e. The van der Waals surface area contributed by atoms with Crippen LogP contribution in [-0.2, 0) is 5.41 Å². The van der Waals surface area contributed by atoms with Crippen molar-refractivity contribution in [3.63, 3.8) is 0 Å². The van der Waals surface area contributed by atoms with E-state index in [4.69, 9.17) is 4.74 Å². The van der Waals surface area contributed by atoms with E-state index < -0.39 is 0 Å². The molecule has 0 aliphatic heterocycles. The average molecular weight is 262 g/mol. The van der Waals surface area contributed by atoms with Crippen LogP contribution < -0.4 is 4.74 Å². The molecule has 0 spiro atoms. The lowest BCUT2D eigenvalue weighted by atomic mass is 9.83. The number of allylic oxidation sites excluding steroid dienone is 1. The minimum atomic E-state index is -0.346. The van der Waals surface area contributed by atoms with E-state index in [1.165, 1.54) is 0 Å². The van der Waals surface area contributed by atoms with Crippen LogP contribution in [0.4, 0.5) is 0 Å². The quantitative estimate of drug-likeness (QED) is 0.595. The highest BCUT2D eigenvalue weighted by Gasteiger charge is 2.19. The highest BCUT2D eigenvalue weighted by atomic mass is 16.5. The third-order valence-electron chi connectivity index (χ3n) is 3.34. The molecule has 1 atom stereocenters. The number of ether oxygens (including phenoxy) is 1. The molecule has 1 unspecified atom stereocenters. The van der Waals surface area contributed by atoms with Crippen molar-refractivity contribution in [1.82, 2.24) is 0 Å².